The molecule has 2 rings (SSSR count). The van der Waals surface area contributed by atoms with Gasteiger partial charge < -0.3 is 15.2 Å². The number of nitrogens with two attached hydrogens (primary N) is 1. The Labute approximate surface area is 114 Å². The SMILES string of the molecule is CCc1nc(N)c(C)c(OC2CCCC(OC)C2)n1. The van der Waals surface area contributed by atoms with E-state index in [0.29, 0.717) is 17.8 Å². The quantitative estimate of drug-likeness (QED) is 0.904. The van der Waals surface area contributed by atoms with Crippen LogP contribution < -0.4 is 10.5 Å². The van der Waals surface area contributed by atoms with E-state index in [-0.39, 0.29) is 6.10 Å². The first-order chi connectivity index (χ1) is 9.13. The van der Waals surface area contributed by atoms with Crippen molar-refractivity contribution in [1.29, 1.82) is 0 Å². The van der Waals surface area contributed by atoms with Crippen LogP contribution in [0.25, 0.3) is 0 Å². The fraction of sp³-hybridized carbons (Fsp3) is 0.714. The molecule has 0 aliphatic heterocycles. The van der Waals surface area contributed by atoms with E-state index >= 15 is 0 Å². The summed E-state index contributed by atoms with van der Waals surface area (Å²) in [7, 11) is 1.76. The monoisotopic (exact) mass is 265 g/mol. The van der Waals surface area contributed by atoms with Crippen LogP contribution in [-0.4, -0.2) is 29.3 Å². The van der Waals surface area contributed by atoms with Crippen molar-refractivity contribution in [2.24, 2.45) is 0 Å². The Balaban J connectivity index is 2.11. The predicted octanol–water partition coefficient (Wildman–Crippen LogP) is 2.27. The Hall–Kier alpha value is -1.36. The number of ether oxygens (including phenoxy) is 2. The van der Waals surface area contributed by atoms with Crippen molar-refractivity contribution in [3.63, 3.8) is 0 Å². The van der Waals surface area contributed by atoms with Crippen molar-refractivity contribution in [2.75, 3.05) is 12.8 Å². The molecule has 19 heavy (non-hydrogen) atoms. The zero-order valence-corrected chi connectivity index (χ0v) is 12.0. The third-order valence-electron chi connectivity index (χ3n) is 3.69. The van der Waals surface area contributed by atoms with Crippen molar-refractivity contribution >= 4 is 5.82 Å². The molecule has 0 spiro atoms. The molecule has 1 heterocycles. The highest BCUT2D eigenvalue weighted by Gasteiger charge is 2.24. The maximum absolute atomic E-state index is 6.03. The van der Waals surface area contributed by atoms with Gasteiger partial charge in [0.1, 0.15) is 17.7 Å². The summed E-state index contributed by atoms with van der Waals surface area (Å²) >= 11 is 0. The van der Waals surface area contributed by atoms with Crippen LogP contribution in [0.3, 0.4) is 0 Å². The fourth-order valence-electron chi connectivity index (χ4n) is 2.41. The second-order valence-corrected chi connectivity index (χ2v) is 5.07. The van der Waals surface area contributed by atoms with E-state index < -0.39 is 0 Å². The van der Waals surface area contributed by atoms with Crippen LogP contribution in [0.5, 0.6) is 5.88 Å². The van der Waals surface area contributed by atoms with Gasteiger partial charge in [0.2, 0.25) is 5.88 Å². The molecule has 5 heteroatoms. The van der Waals surface area contributed by atoms with Crippen LogP contribution >= 0.6 is 0 Å². The van der Waals surface area contributed by atoms with E-state index in [2.05, 4.69) is 9.97 Å². The molecule has 1 fully saturated rings. The lowest BCUT2D eigenvalue weighted by Crippen LogP contribution is -2.30. The molecular formula is C14H23N3O2. The van der Waals surface area contributed by atoms with E-state index in [4.69, 9.17) is 15.2 Å². The molecule has 1 aromatic heterocycles. The molecule has 0 amide bonds. The zero-order valence-electron chi connectivity index (χ0n) is 12.0. The van der Waals surface area contributed by atoms with Gasteiger partial charge in [-0.2, -0.15) is 4.98 Å². The van der Waals surface area contributed by atoms with Gasteiger partial charge in [-0.15, -0.1) is 0 Å². The molecule has 2 atom stereocenters. The summed E-state index contributed by atoms with van der Waals surface area (Å²) in [6, 6.07) is 0. The number of nitrogens with zero attached hydrogens (tertiary/aromatic N) is 2. The molecule has 1 aliphatic rings. The average molecular weight is 265 g/mol. The number of nitrogen functional groups attached to an aromatic ring is 1. The first-order valence-electron chi connectivity index (χ1n) is 6.96. The van der Waals surface area contributed by atoms with E-state index in [1.54, 1.807) is 7.11 Å². The van der Waals surface area contributed by atoms with Gasteiger partial charge in [-0.3, -0.25) is 0 Å². The van der Waals surface area contributed by atoms with Crippen molar-refractivity contribution in [3.8, 4) is 5.88 Å². The summed E-state index contributed by atoms with van der Waals surface area (Å²) in [5.74, 6) is 1.88. The number of aromatic nitrogens is 2. The lowest BCUT2D eigenvalue weighted by molar-refractivity contribution is 0.0192. The van der Waals surface area contributed by atoms with Crippen LogP contribution in [0.2, 0.25) is 0 Å². The van der Waals surface area contributed by atoms with Crippen LogP contribution in [0.1, 0.15) is 44.0 Å². The summed E-state index contributed by atoms with van der Waals surface area (Å²) < 4.78 is 11.5. The number of rotatable bonds is 4. The Morgan fingerprint density at radius 1 is 1.26 bits per heavy atom. The second kappa shape index (κ2) is 6.19. The van der Waals surface area contributed by atoms with Gasteiger partial charge in [-0.05, 0) is 26.2 Å². The topological polar surface area (TPSA) is 70.3 Å². The molecule has 5 nitrogen and oxygen atoms in total. The summed E-state index contributed by atoms with van der Waals surface area (Å²) in [6.45, 7) is 3.91. The summed E-state index contributed by atoms with van der Waals surface area (Å²) in [4.78, 5) is 8.68. The average Bonchev–Trinajstić information content (AvgIpc) is 2.43. The maximum atomic E-state index is 6.03. The van der Waals surface area contributed by atoms with Crippen LogP contribution in [-0.2, 0) is 11.2 Å². The number of anilines is 1. The van der Waals surface area contributed by atoms with Crippen molar-refractivity contribution in [3.05, 3.63) is 11.4 Å². The van der Waals surface area contributed by atoms with Crippen LogP contribution in [0, 0.1) is 6.92 Å². The maximum Gasteiger partial charge on any atom is 0.222 e. The number of hydrogen-bond acceptors (Lipinski definition) is 5. The minimum absolute atomic E-state index is 0.163. The summed E-state index contributed by atoms with van der Waals surface area (Å²) in [5.41, 5.74) is 6.73. The first kappa shape index (κ1) is 14.1. The highest BCUT2D eigenvalue weighted by atomic mass is 16.5. The predicted molar refractivity (Wildman–Crippen MR) is 74.2 cm³/mol. The highest BCUT2D eigenvalue weighted by Crippen LogP contribution is 2.27. The molecule has 0 radical (unpaired) electrons. The third-order valence-corrected chi connectivity index (χ3v) is 3.69. The molecule has 2 unspecified atom stereocenters. The molecule has 0 aromatic carbocycles. The van der Waals surface area contributed by atoms with Crippen LogP contribution in [0.15, 0.2) is 0 Å². The third kappa shape index (κ3) is 3.35. The van der Waals surface area contributed by atoms with Gasteiger partial charge in [-0.25, -0.2) is 4.98 Å². The Morgan fingerprint density at radius 2 is 2.00 bits per heavy atom. The Kier molecular flexibility index (Phi) is 4.58. The Bertz CT molecular complexity index is 437. The number of hydrogen-bond donors (Lipinski definition) is 1. The minimum Gasteiger partial charge on any atom is -0.474 e. The molecule has 2 N–H and O–H groups in total. The first-order valence-corrected chi connectivity index (χ1v) is 6.96. The van der Waals surface area contributed by atoms with E-state index in [1.807, 2.05) is 13.8 Å². The van der Waals surface area contributed by atoms with Crippen molar-refractivity contribution < 1.29 is 9.47 Å². The smallest absolute Gasteiger partial charge is 0.222 e. The van der Waals surface area contributed by atoms with Crippen molar-refractivity contribution in [2.45, 2.75) is 58.2 Å². The normalized spacial score (nSPS) is 23.3. The van der Waals surface area contributed by atoms with Gasteiger partial charge in [-0.1, -0.05) is 6.92 Å². The lowest BCUT2D eigenvalue weighted by Gasteiger charge is -2.28. The lowest BCUT2D eigenvalue weighted by atomic mass is 9.95. The van der Waals surface area contributed by atoms with E-state index in [1.165, 1.54) is 0 Å². The largest absolute Gasteiger partial charge is 0.474 e. The highest BCUT2D eigenvalue weighted by molar-refractivity contribution is 5.44. The van der Waals surface area contributed by atoms with Gasteiger partial charge in [0, 0.05) is 20.0 Å². The van der Waals surface area contributed by atoms with E-state index in [0.717, 1.165) is 43.5 Å². The molecule has 1 saturated carbocycles. The number of methoxy groups -OCH3 is 1. The fourth-order valence-corrected chi connectivity index (χ4v) is 2.41. The van der Waals surface area contributed by atoms with Gasteiger partial charge in [0.15, 0.2) is 0 Å². The molecular weight excluding hydrogens is 242 g/mol. The molecule has 106 valence electrons. The van der Waals surface area contributed by atoms with Gasteiger partial charge in [0.25, 0.3) is 0 Å². The standard InChI is InChI=1S/C14H23N3O2/c1-4-12-16-13(15)9(2)14(17-12)19-11-7-5-6-10(8-11)18-3/h10-11H,4-8H2,1-3H3,(H2,15,16,17). The second-order valence-electron chi connectivity index (χ2n) is 5.07. The minimum atomic E-state index is 0.163. The molecule has 0 bridgehead atoms. The zero-order chi connectivity index (χ0) is 13.8. The molecule has 1 aliphatic carbocycles. The summed E-state index contributed by atoms with van der Waals surface area (Å²) in [5, 5.41) is 0. The van der Waals surface area contributed by atoms with Gasteiger partial charge >= 0.3 is 0 Å². The molecule has 0 saturated heterocycles. The van der Waals surface area contributed by atoms with Crippen LogP contribution in [0.4, 0.5) is 5.82 Å². The summed E-state index contributed by atoms with van der Waals surface area (Å²) in [6.07, 6.45) is 5.42. The van der Waals surface area contributed by atoms with Crippen molar-refractivity contribution in [1.82, 2.24) is 9.97 Å². The van der Waals surface area contributed by atoms with Gasteiger partial charge in [0.05, 0.1) is 11.7 Å². The van der Waals surface area contributed by atoms with E-state index in [9.17, 15) is 0 Å². The molecule has 1 aromatic rings. The Morgan fingerprint density at radius 3 is 2.68 bits per heavy atom. The number of aryl methyl sites for hydroxylation is 1.